The summed E-state index contributed by atoms with van der Waals surface area (Å²) < 4.78 is 0. The molecule has 21 heavy (non-hydrogen) atoms. The van der Waals surface area contributed by atoms with E-state index in [1.165, 1.54) is 24.3 Å². The van der Waals surface area contributed by atoms with Crippen LogP contribution in [0.25, 0.3) is 0 Å². The number of nitrogens with zero attached hydrogens (tertiary/aromatic N) is 1. The monoisotopic (exact) mass is 285 g/mol. The van der Waals surface area contributed by atoms with Crippen LogP contribution in [0.3, 0.4) is 0 Å². The van der Waals surface area contributed by atoms with E-state index < -0.39 is 11.0 Å². The van der Waals surface area contributed by atoms with Crippen molar-refractivity contribution < 1.29 is 9.72 Å². The van der Waals surface area contributed by atoms with Crippen molar-refractivity contribution in [3.63, 3.8) is 0 Å². The van der Waals surface area contributed by atoms with Crippen molar-refractivity contribution in [3.8, 4) is 0 Å². The van der Waals surface area contributed by atoms with Crippen LogP contribution < -0.4 is 10.6 Å². The van der Waals surface area contributed by atoms with Crippen LogP contribution in [-0.4, -0.2) is 11.0 Å². The number of non-ortho nitro benzene ring substituents is 1. The average Bonchev–Trinajstić information content (AvgIpc) is 2.47. The molecule has 108 valence electrons. The van der Waals surface area contributed by atoms with Crippen LogP contribution in [-0.2, 0) is 6.42 Å². The van der Waals surface area contributed by atoms with Gasteiger partial charge < -0.3 is 10.6 Å². The highest BCUT2D eigenvalue weighted by Gasteiger charge is 2.06. The van der Waals surface area contributed by atoms with E-state index in [0.29, 0.717) is 11.4 Å². The summed E-state index contributed by atoms with van der Waals surface area (Å²) in [5, 5.41) is 15.9. The van der Waals surface area contributed by atoms with E-state index in [-0.39, 0.29) is 5.69 Å². The highest BCUT2D eigenvalue weighted by molar-refractivity contribution is 5.99. The molecule has 0 saturated carbocycles. The third-order valence-corrected chi connectivity index (χ3v) is 2.93. The van der Waals surface area contributed by atoms with Crippen molar-refractivity contribution in [2.75, 3.05) is 10.6 Å². The molecule has 0 aliphatic heterocycles. The fourth-order valence-electron chi connectivity index (χ4n) is 1.83. The van der Waals surface area contributed by atoms with Gasteiger partial charge >= 0.3 is 6.03 Å². The fraction of sp³-hybridized carbons (Fsp3) is 0.133. The molecule has 0 spiro atoms. The van der Waals surface area contributed by atoms with Gasteiger partial charge in [0.1, 0.15) is 0 Å². The van der Waals surface area contributed by atoms with Crippen LogP contribution in [0.4, 0.5) is 21.9 Å². The number of aryl methyl sites for hydroxylation is 1. The highest BCUT2D eigenvalue weighted by Crippen LogP contribution is 2.16. The molecule has 0 atom stereocenters. The second-order valence-electron chi connectivity index (χ2n) is 4.44. The fourth-order valence-corrected chi connectivity index (χ4v) is 1.83. The number of nitro benzene ring substituents is 1. The Morgan fingerprint density at radius 2 is 1.76 bits per heavy atom. The molecule has 0 bridgehead atoms. The van der Waals surface area contributed by atoms with Crippen molar-refractivity contribution in [2.24, 2.45) is 0 Å². The normalized spacial score (nSPS) is 9.95. The van der Waals surface area contributed by atoms with Gasteiger partial charge in [0, 0.05) is 23.5 Å². The number of rotatable bonds is 4. The van der Waals surface area contributed by atoms with E-state index >= 15 is 0 Å². The van der Waals surface area contributed by atoms with E-state index in [1.807, 2.05) is 25.1 Å². The SMILES string of the molecule is CCc1cccc(NC(=O)Nc2ccc([N+](=O)[O-])cc2)c1. The van der Waals surface area contributed by atoms with Gasteiger partial charge in [0.15, 0.2) is 0 Å². The molecule has 6 nitrogen and oxygen atoms in total. The Balaban J connectivity index is 1.99. The molecule has 0 unspecified atom stereocenters. The quantitative estimate of drug-likeness (QED) is 0.662. The number of hydrogen-bond acceptors (Lipinski definition) is 3. The summed E-state index contributed by atoms with van der Waals surface area (Å²) >= 11 is 0. The van der Waals surface area contributed by atoms with E-state index in [2.05, 4.69) is 10.6 Å². The predicted molar refractivity (Wildman–Crippen MR) is 81.6 cm³/mol. The maximum Gasteiger partial charge on any atom is 0.323 e. The third kappa shape index (κ3) is 4.04. The molecule has 0 aromatic heterocycles. The zero-order chi connectivity index (χ0) is 15.2. The third-order valence-electron chi connectivity index (χ3n) is 2.93. The van der Waals surface area contributed by atoms with Gasteiger partial charge in [0.25, 0.3) is 5.69 Å². The second kappa shape index (κ2) is 6.51. The summed E-state index contributed by atoms with van der Waals surface area (Å²) in [5.74, 6) is 0. The smallest absolute Gasteiger partial charge is 0.308 e. The van der Waals surface area contributed by atoms with Gasteiger partial charge in [-0.25, -0.2) is 4.79 Å². The van der Waals surface area contributed by atoms with E-state index in [1.54, 1.807) is 6.07 Å². The Hall–Kier alpha value is -2.89. The zero-order valence-electron chi connectivity index (χ0n) is 11.5. The Kier molecular flexibility index (Phi) is 4.50. The summed E-state index contributed by atoms with van der Waals surface area (Å²) in [4.78, 5) is 21.9. The van der Waals surface area contributed by atoms with Crippen LogP contribution >= 0.6 is 0 Å². The molecule has 2 aromatic rings. The van der Waals surface area contributed by atoms with Gasteiger partial charge in [0.05, 0.1) is 4.92 Å². The van der Waals surface area contributed by atoms with Crippen molar-refractivity contribution in [1.82, 2.24) is 0 Å². The molecule has 0 radical (unpaired) electrons. The van der Waals surface area contributed by atoms with Crippen LogP contribution in [0.15, 0.2) is 48.5 Å². The van der Waals surface area contributed by atoms with Gasteiger partial charge in [0.2, 0.25) is 0 Å². The largest absolute Gasteiger partial charge is 0.323 e. The first-order valence-corrected chi connectivity index (χ1v) is 6.50. The van der Waals surface area contributed by atoms with Crippen LogP contribution in [0.1, 0.15) is 12.5 Å². The Morgan fingerprint density at radius 1 is 1.10 bits per heavy atom. The topological polar surface area (TPSA) is 84.3 Å². The molecule has 2 aromatic carbocycles. The van der Waals surface area contributed by atoms with Crippen molar-refractivity contribution in [2.45, 2.75) is 13.3 Å². The van der Waals surface area contributed by atoms with Crippen molar-refractivity contribution in [1.29, 1.82) is 0 Å². The zero-order valence-corrected chi connectivity index (χ0v) is 11.5. The van der Waals surface area contributed by atoms with Crippen LogP contribution in [0.5, 0.6) is 0 Å². The minimum Gasteiger partial charge on any atom is -0.308 e. The lowest BCUT2D eigenvalue weighted by molar-refractivity contribution is -0.384. The maximum atomic E-state index is 11.8. The predicted octanol–water partition coefficient (Wildman–Crippen LogP) is 3.80. The molecule has 0 saturated heterocycles. The summed E-state index contributed by atoms with van der Waals surface area (Å²) in [7, 11) is 0. The highest BCUT2D eigenvalue weighted by atomic mass is 16.6. The van der Waals surface area contributed by atoms with Crippen LogP contribution in [0.2, 0.25) is 0 Å². The molecule has 2 N–H and O–H groups in total. The molecule has 0 fully saturated rings. The molecule has 0 heterocycles. The van der Waals surface area contributed by atoms with Gasteiger partial charge in [-0.3, -0.25) is 10.1 Å². The second-order valence-corrected chi connectivity index (χ2v) is 4.44. The van der Waals surface area contributed by atoms with Gasteiger partial charge in [-0.05, 0) is 36.2 Å². The lowest BCUT2D eigenvalue weighted by Crippen LogP contribution is -2.19. The Morgan fingerprint density at radius 3 is 2.38 bits per heavy atom. The minimum atomic E-state index is -0.486. The van der Waals surface area contributed by atoms with E-state index in [4.69, 9.17) is 0 Å². The standard InChI is InChI=1S/C15H15N3O3/c1-2-11-4-3-5-13(10-11)17-15(19)16-12-6-8-14(9-7-12)18(20)21/h3-10H,2H2,1H3,(H2,16,17,19). The number of urea groups is 1. The first-order chi connectivity index (χ1) is 10.1. The Bertz CT molecular complexity index is 653. The number of hydrogen-bond donors (Lipinski definition) is 2. The summed E-state index contributed by atoms with van der Waals surface area (Å²) in [6.45, 7) is 2.04. The minimum absolute atomic E-state index is 0.0170. The van der Waals surface area contributed by atoms with E-state index in [0.717, 1.165) is 12.0 Å². The molecule has 2 rings (SSSR count). The maximum absolute atomic E-state index is 11.8. The number of nitro groups is 1. The first kappa shape index (κ1) is 14.5. The molecular weight excluding hydrogens is 270 g/mol. The number of benzene rings is 2. The van der Waals surface area contributed by atoms with E-state index in [9.17, 15) is 14.9 Å². The molecule has 0 aliphatic rings. The summed E-state index contributed by atoms with van der Waals surface area (Å²) in [6.07, 6.45) is 0.888. The summed E-state index contributed by atoms with van der Waals surface area (Å²) in [5.41, 5.74) is 2.30. The molecular formula is C15H15N3O3. The number of nitrogens with one attached hydrogen (secondary N) is 2. The lowest BCUT2D eigenvalue weighted by atomic mass is 10.1. The number of carbonyl (C=O) groups excluding carboxylic acids is 1. The molecule has 2 amide bonds. The number of amides is 2. The Labute approximate surface area is 121 Å². The van der Waals surface area contributed by atoms with Crippen LogP contribution in [0, 0.1) is 10.1 Å². The first-order valence-electron chi connectivity index (χ1n) is 6.50. The molecule has 6 heteroatoms. The van der Waals surface area contributed by atoms with Gasteiger partial charge in [-0.15, -0.1) is 0 Å². The number of anilines is 2. The van der Waals surface area contributed by atoms with Gasteiger partial charge in [-0.2, -0.15) is 0 Å². The van der Waals surface area contributed by atoms with Crippen molar-refractivity contribution in [3.05, 3.63) is 64.2 Å². The van der Waals surface area contributed by atoms with Crippen molar-refractivity contribution >= 4 is 23.1 Å². The lowest BCUT2D eigenvalue weighted by Gasteiger charge is -2.08. The number of carbonyl (C=O) groups is 1. The summed E-state index contributed by atoms with van der Waals surface area (Å²) in [6, 6.07) is 12.8. The molecule has 0 aliphatic carbocycles. The van der Waals surface area contributed by atoms with Gasteiger partial charge in [-0.1, -0.05) is 19.1 Å². The average molecular weight is 285 g/mol.